The molecule has 1 unspecified atom stereocenters. The number of carbonyl (C=O) groups excluding carboxylic acids is 1. The topological polar surface area (TPSA) is 71.3 Å². The van der Waals surface area contributed by atoms with E-state index in [4.69, 9.17) is 14.7 Å². The summed E-state index contributed by atoms with van der Waals surface area (Å²) in [6, 6.07) is 25.4. The predicted octanol–water partition coefficient (Wildman–Crippen LogP) is 5.16. The molecule has 3 aromatic rings. The number of nitrogens with zero attached hydrogens (tertiary/aromatic N) is 1. The van der Waals surface area contributed by atoms with Crippen molar-refractivity contribution in [2.24, 2.45) is 0 Å². The van der Waals surface area contributed by atoms with Crippen molar-refractivity contribution in [3.05, 3.63) is 90.0 Å². The van der Waals surface area contributed by atoms with E-state index < -0.39 is 0 Å². The molecular weight excluding hydrogens is 388 g/mol. The Balaban J connectivity index is 1.61. The first kappa shape index (κ1) is 21.7. The third-order valence-corrected chi connectivity index (χ3v) is 4.78. The van der Waals surface area contributed by atoms with E-state index in [1.807, 2.05) is 43.3 Å². The quantitative estimate of drug-likeness (QED) is 0.519. The Labute approximate surface area is 182 Å². The Bertz CT molecular complexity index is 1080. The maximum Gasteiger partial charge on any atom is 0.244 e. The summed E-state index contributed by atoms with van der Waals surface area (Å²) in [5.74, 6) is 0.798. The number of nitrogens with one attached hydrogen (secondary N) is 1. The van der Waals surface area contributed by atoms with Crippen LogP contribution in [0.5, 0.6) is 11.5 Å². The molecule has 3 rings (SSSR count). The summed E-state index contributed by atoms with van der Waals surface area (Å²) in [4.78, 5) is 12.4. The molecule has 31 heavy (non-hydrogen) atoms. The highest BCUT2D eigenvalue weighted by atomic mass is 16.5. The van der Waals surface area contributed by atoms with Gasteiger partial charge in [-0.15, -0.1) is 0 Å². The molecule has 0 radical (unpaired) electrons. The summed E-state index contributed by atoms with van der Waals surface area (Å²) in [6.45, 7) is 1.89. The number of rotatable bonds is 8. The molecule has 0 heterocycles. The van der Waals surface area contributed by atoms with Crippen LogP contribution in [0, 0.1) is 11.3 Å². The number of carbonyl (C=O) groups is 1. The standard InChI is InChI=1S/C26H24N2O3/c1-19(21-10-12-23(13-11-21)22-6-4-3-5-7-22)28-26(29)15-9-20-8-14-24(31-17-16-27)25(18-20)30-2/h3-15,18-19H,17H2,1-2H3,(H,28,29). The smallest absolute Gasteiger partial charge is 0.244 e. The Morgan fingerprint density at radius 3 is 2.42 bits per heavy atom. The maximum absolute atomic E-state index is 12.4. The zero-order valence-corrected chi connectivity index (χ0v) is 17.5. The fourth-order valence-electron chi connectivity index (χ4n) is 3.13. The second-order valence-electron chi connectivity index (χ2n) is 6.91. The molecule has 0 saturated heterocycles. The lowest BCUT2D eigenvalue weighted by atomic mass is 10.0. The third-order valence-electron chi connectivity index (χ3n) is 4.78. The van der Waals surface area contributed by atoms with Gasteiger partial charge >= 0.3 is 0 Å². The van der Waals surface area contributed by atoms with Gasteiger partial charge in [0.25, 0.3) is 0 Å². The molecule has 0 aliphatic rings. The van der Waals surface area contributed by atoms with Crippen molar-refractivity contribution in [1.29, 1.82) is 5.26 Å². The number of ether oxygens (including phenoxy) is 2. The molecule has 1 N–H and O–H groups in total. The predicted molar refractivity (Wildman–Crippen MR) is 122 cm³/mol. The Hall–Kier alpha value is -4.04. The molecule has 0 aliphatic heterocycles. The van der Waals surface area contributed by atoms with Crippen LogP contribution in [0.15, 0.2) is 78.9 Å². The number of amides is 1. The van der Waals surface area contributed by atoms with Gasteiger partial charge in [0.1, 0.15) is 6.07 Å². The van der Waals surface area contributed by atoms with Gasteiger partial charge in [0.05, 0.1) is 13.2 Å². The SMILES string of the molecule is COc1cc(C=CC(=O)NC(C)c2ccc(-c3ccccc3)cc2)ccc1OCC#N. The zero-order valence-electron chi connectivity index (χ0n) is 17.5. The molecule has 0 aliphatic carbocycles. The first-order valence-electron chi connectivity index (χ1n) is 9.92. The molecule has 0 fully saturated rings. The maximum atomic E-state index is 12.4. The van der Waals surface area contributed by atoms with Gasteiger partial charge < -0.3 is 14.8 Å². The van der Waals surface area contributed by atoms with Crippen molar-refractivity contribution >= 4 is 12.0 Å². The van der Waals surface area contributed by atoms with Crippen LogP contribution >= 0.6 is 0 Å². The van der Waals surface area contributed by atoms with Crippen LogP contribution < -0.4 is 14.8 Å². The minimum absolute atomic E-state index is 0.0574. The van der Waals surface area contributed by atoms with Crippen molar-refractivity contribution in [1.82, 2.24) is 5.32 Å². The van der Waals surface area contributed by atoms with E-state index in [1.165, 1.54) is 13.2 Å². The molecule has 0 spiro atoms. The van der Waals surface area contributed by atoms with Crippen LogP contribution in [0.2, 0.25) is 0 Å². The fraction of sp³-hybridized carbons (Fsp3) is 0.154. The second kappa shape index (κ2) is 10.7. The van der Waals surface area contributed by atoms with Crippen molar-refractivity contribution in [3.8, 4) is 28.7 Å². The minimum Gasteiger partial charge on any atom is -0.493 e. The molecule has 3 aromatic carbocycles. The number of nitriles is 1. The van der Waals surface area contributed by atoms with E-state index in [0.29, 0.717) is 11.5 Å². The van der Waals surface area contributed by atoms with Crippen molar-refractivity contribution in [3.63, 3.8) is 0 Å². The van der Waals surface area contributed by atoms with Gasteiger partial charge in [-0.1, -0.05) is 60.7 Å². The van der Waals surface area contributed by atoms with Crippen LogP contribution in [0.4, 0.5) is 0 Å². The van der Waals surface area contributed by atoms with Crippen molar-refractivity contribution < 1.29 is 14.3 Å². The highest BCUT2D eigenvalue weighted by molar-refractivity contribution is 5.92. The zero-order chi connectivity index (χ0) is 22.1. The number of hydrogen-bond acceptors (Lipinski definition) is 4. The lowest BCUT2D eigenvalue weighted by Gasteiger charge is -2.14. The van der Waals surface area contributed by atoms with Crippen molar-refractivity contribution in [2.45, 2.75) is 13.0 Å². The molecule has 0 saturated carbocycles. The van der Waals surface area contributed by atoms with Gasteiger partial charge in [-0.2, -0.15) is 5.26 Å². The van der Waals surface area contributed by atoms with Crippen LogP contribution in [0.25, 0.3) is 17.2 Å². The van der Waals surface area contributed by atoms with Crippen LogP contribution in [0.3, 0.4) is 0 Å². The summed E-state index contributed by atoms with van der Waals surface area (Å²) in [5, 5.41) is 11.6. The largest absolute Gasteiger partial charge is 0.493 e. The Morgan fingerprint density at radius 1 is 1.03 bits per heavy atom. The van der Waals surface area contributed by atoms with E-state index in [9.17, 15) is 4.79 Å². The molecule has 156 valence electrons. The average molecular weight is 412 g/mol. The normalized spacial score (nSPS) is 11.5. The lowest BCUT2D eigenvalue weighted by molar-refractivity contribution is -0.117. The lowest BCUT2D eigenvalue weighted by Crippen LogP contribution is -2.24. The summed E-state index contributed by atoms with van der Waals surface area (Å²) >= 11 is 0. The molecule has 0 aromatic heterocycles. The first-order chi connectivity index (χ1) is 15.1. The highest BCUT2D eigenvalue weighted by Gasteiger charge is 2.09. The molecule has 5 nitrogen and oxygen atoms in total. The third kappa shape index (κ3) is 5.97. The van der Waals surface area contributed by atoms with Crippen molar-refractivity contribution in [2.75, 3.05) is 13.7 Å². The van der Waals surface area contributed by atoms with Crippen LogP contribution in [-0.2, 0) is 4.79 Å². The second-order valence-corrected chi connectivity index (χ2v) is 6.91. The van der Waals surface area contributed by atoms with Gasteiger partial charge in [-0.25, -0.2) is 0 Å². The van der Waals surface area contributed by atoms with E-state index in [2.05, 4.69) is 29.6 Å². The number of methoxy groups -OCH3 is 1. The first-order valence-corrected chi connectivity index (χ1v) is 9.92. The van der Waals surface area contributed by atoms with Gasteiger partial charge in [0.2, 0.25) is 5.91 Å². The van der Waals surface area contributed by atoms with E-state index >= 15 is 0 Å². The summed E-state index contributed by atoms with van der Waals surface area (Å²) in [5.41, 5.74) is 4.12. The van der Waals surface area contributed by atoms with Gasteiger partial charge in [-0.3, -0.25) is 4.79 Å². The Kier molecular flexibility index (Phi) is 7.45. The number of hydrogen-bond donors (Lipinski definition) is 1. The summed E-state index contributed by atoms with van der Waals surface area (Å²) in [6.07, 6.45) is 3.19. The molecule has 0 bridgehead atoms. The summed E-state index contributed by atoms with van der Waals surface area (Å²) < 4.78 is 10.6. The van der Waals surface area contributed by atoms with E-state index in [-0.39, 0.29) is 18.6 Å². The average Bonchev–Trinajstić information content (AvgIpc) is 2.82. The minimum atomic E-state index is -0.191. The molecular formula is C26H24N2O3. The Morgan fingerprint density at radius 2 is 1.74 bits per heavy atom. The molecule has 5 heteroatoms. The van der Waals surface area contributed by atoms with Crippen LogP contribution in [0.1, 0.15) is 24.1 Å². The molecule has 1 atom stereocenters. The van der Waals surface area contributed by atoms with Gasteiger partial charge in [0, 0.05) is 6.08 Å². The molecule has 1 amide bonds. The fourth-order valence-corrected chi connectivity index (χ4v) is 3.13. The number of benzene rings is 3. The monoisotopic (exact) mass is 412 g/mol. The van der Waals surface area contributed by atoms with E-state index in [0.717, 1.165) is 22.3 Å². The van der Waals surface area contributed by atoms with Crippen LogP contribution in [-0.4, -0.2) is 19.6 Å². The van der Waals surface area contributed by atoms with Gasteiger partial charge in [-0.05, 0) is 47.4 Å². The van der Waals surface area contributed by atoms with E-state index in [1.54, 1.807) is 24.3 Å². The highest BCUT2D eigenvalue weighted by Crippen LogP contribution is 2.28. The summed E-state index contributed by atoms with van der Waals surface area (Å²) in [7, 11) is 1.53. The van der Waals surface area contributed by atoms with Gasteiger partial charge in [0.15, 0.2) is 18.1 Å².